The number of benzene rings is 1. The molecule has 2 rings (SSSR count). The molecule has 2 N–H and O–H groups in total. The maximum Gasteiger partial charge on any atom is 0.435 e. The summed E-state index contributed by atoms with van der Waals surface area (Å²) in [5.41, 5.74) is -0.183. The molecule has 0 atom stereocenters. The van der Waals surface area contributed by atoms with Crippen molar-refractivity contribution in [2.45, 2.75) is 19.1 Å². The molecule has 0 spiro atoms. The van der Waals surface area contributed by atoms with E-state index in [-0.39, 0.29) is 12.1 Å². The number of guanidine groups is 1. The number of nitrogens with one attached hydrogen (secondary N) is 2. The molecule has 2 aromatic rings. The first-order valence-electron chi connectivity index (χ1n) is 8.62. The van der Waals surface area contributed by atoms with Crippen molar-refractivity contribution in [2.24, 2.45) is 12.0 Å². The molecule has 1 heterocycles. The van der Waals surface area contributed by atoms with Crippen LogP contribution in [0.1, 0.15) is 17.7 Å². The summed E-state index contributed by atoms with van der Waals surface area (Å²) in [6, 6.07) is 7.22. The number of aromatic nitrogens is 2. The molecule has 0 aliphatic heterocycles. The van der Waals surface area contributed by atoms with Crippen LogP contribution in [0.25, 0.3) is 0 Å². The van der Waals surface area contributed by atoms with Crippen LogP contribution in [-0.4, -0.2) is 43.1 Å². The molecular formula is C18H24F3N5O2. The van der Waals surface area contributed by atoms with Gasteiger partial charge in [0.2, 0.25) is 0 Å². The number of aryl methyl sites for hydroxylation is 1. The average molecular weight is 399 g/mol. The molecule has 7 nitrogen and oxygen atoms in total. The van der Waals surface area contributed by atoms with Gasteiger partial charge in [0.25, 0.3) is 0 Å². The van der Waals surface area contributed by atoms with E-state index in [2.05, 4.69) is 20.7 Å². The summed E-state index contributed by atoms with van der Waals surface area (Å²) in [5, 5.41) is 9.39. The van der Waals surface area contributed by atoms with E-state index in [0.717, 1.165) is 11.1 Å². The second-order valence-corrected chi connectivity index (χ2v) is 5.95. The number of rotatable bonds is 8. The number of halogens is 3. The summed E-state index contributed by atoms with van der Waals surface area (Å²) in [6.45, 7) is 1.06. The highest BCUT2D eigenvalue weighted by molar-refractivity contribution is 5.93. The number of ether oxygens (including phenoxy) is 2. The number of methoxy groups -OCH3 is 1. The largest absolute Gasteiger partial charge is 0.493 e. The Labute approximate surface area is 161 Å². The van der Waals surface area contributed by atoms with Crippen LogP contribution < -0.4 is 15.4 Å². The van der Waals surface area contributed by atoms with Gasteiger partial charge in [0, 0.05) is 64.3 Å². The van der Waals surface area contributed by atoms with Gasteiger partial charge in [-0.2, -0.15) is 18.3 Å². The lowest BCUT2D eigenvalue weighted by atomic mass is 10.2. The number of nitrogens with zero attached hydrogens (tertiary/aromatic N) is 3. The number of alkyl halides is 3. The number of aliphatic imine (C=N–C) groups is 1. The zero-order chi connectivity index (χ0) is 20.6. The Balaban J connectivity index is 1.97. The molecule has 0 amide bonds. The molecule has 1 aromatic heterocycles. The van der Waals surface area contributed by atoms with Crippen LogP contribution in [0.15, 0.2) is 35.5 Å². The molecule has 0 radical (unpaired) electrons. The van der Waals surface area contributed by atoms with E-state index < -0.39 is 11.9 Å². The third-order valence-corrected chi connectivity index (χ3v) is 3.70. The molecule has 10 heteroatoms. The molecule has 0 aliphatic carbocycles. The first-order valence-corrected chi connectivity index (χ1v) is 8.62. The van der Waals surface area contributed by atoms with Crippen molar-refractivity contribution >= 4 is 11.6 Å². The van der Waals surface area contributed by atoms with E-state index in [9.17, 15) is 13.2 Å². The molecule has 28 heavy (non-hydrogen) atoms. The first kappa shape index (κ1) is 21.5. The van der Waals surface area contributed by atoms with Gasteiger partial charge < -0.3 is 20.1 Å². The predicted octanol–water partition coefficient (Wildman–Crippen LogP) is 3.04. The summed E-state index contributed by atoms with van der Waals surface area (Å²) < 4.78 is 50.9. The molecule has 1 aromatic carbocycles. The van der Waals surface area contributed by atoms with Crippen LogP contribution in [-0.2, 0) is 24.5 Å². The lowest BCUT2D eigenvalue weighted by Gasteiger charge is -2.13. The Morgan fingerprint density at radius 3 is 2.75 bits per heavy atom. The molecular weight excluding hydrogens is 375 g/mol. The highest BCUT2D eigenvalue weighted by Crippen LogP contribution is 2.30. The van der Waals surface area contributed by atoms with Gasteiger partial charge >= 0.3 is 6.18 Å². The van der Waals surface area contributed by atoms with Gasteiger partial charge in [0.15, 0.2) is 11.7 Å². The topological polar surface area (TPSA) is 72.7 Å². The van der Waals surface area contributed by atoms with Crippen molar-refractivity contribution in [3.05, 3.63) is 41.7 Å². The molecule has 0 saturated heterocycles. The monoisotopic (exact) mass is 399 g/mol. The van der Waals surface area contributed by atoms with Crippen molar-refractivity contribution in [3.8, 4) is 5.75 Å². The minimum Gasteiger partial charge on any atom is -0.493 e. The minimum atomic E-state index is -4.51. The van der Waals surface area contributed by atoms with E-state index >= 15 is 0 Å². The summed E-state index contributed by atoms with van der Waals surface area (Å²) in [4.78, 5) is 4.04. The third kappa shape index (κ3) is 6.45. The van der Waals surface area contributed by atoms with Gasteiger partial charge in [-0.25, -0.2) is 0 Å². The van der Waals surface area contributed by atoms with Crippen LogP contribution in [0.5, 0.6) is 5.75 Å². The second kappa shape index (κ2) is 9.98. The Morgan fingerprint density at radius 2 is 2.07 bits per heavy atom. The summed E-state index contributed by atoms with van der Waals surface area (Å²) in [7, 11) is 4.62. The lowest BCUT2D eigenvalue weighted by molar-refractivity contribution is -0.142. The van der Waals surface area contributed by atoms with E-state index in [0.29, 0.717) is 30.6 Å². The normalized spacial score (nSPS) is 12.1. The zero-order valence-corrected chi connectivity index (χ0v) is 16.0. The van der Waals surface area contributed by atoms with Gasteiger partial charge in [0.1, 0.15) is 5.75 Å². The van der Waals surface area contributed by atoms with Gasteiger partial charge in [-0.05, 0) is 12.1 Å². The SMILES string of the molecule is CN=C(NCc1cn(C)nc1C(F)(F)F)Nc1cccc(OCCCOC)c1. The molecule has 0 aliphatic rings. The first-order chi connectivity index (χ1) is 13.3. The Morgan fingerprint density at radius 1 is 1.29 bits per heavy atom. The molecule has 0 unspecified atom stereocenters. The van der Waals surface area contributed by atoms with Gasteiger partial charge in [0.05, 0.1) is 6.61 Å². The number of hydrogen-bond donors (Lipinski definition) is 2. The van der Waals surface area contributed by atoms with Crippen molar-refractivity contribution in [2.75, 3.05) is 32.7 Å². The van der Waals surface area contributed by atoms with E-state index in [1.165, 1.54) is 20.3 Å². The molecule has 0 fully saturated rings. The van der Waals surface area contributed by atoms with Crippen LogP contribution in [0.3, 0.4) is 0 Å². The predicted molar refractivity (Wildman–Crippen MR) is 100 cm³/mol. The van der Waals surface area contributed by atoms with Crippen molar-refractivity contribution in [1.29, 1.82) is 0 Å². The Bertz CT molecular complexity index is 790. The Hall–Kier alpha value is -2.75. The van der Waals surface area contributed by atoms with Gasteiger partial charge in [-0.1, -0.05) is 6.07 Å². The quantitative estimate of drug-likeness (QED) is 0.406. The van der Waals surface area contributed by atoms with Crippen LogP contribution in [0, 0.1) is 0 Å². The highest BCUT2D eigenvalue weighted by Gasteiger charge is 2.36. The smallest absolute Gasteiger partial charge is 0.435 e. The molecule has 154 valence electrons. The standard InChI is InChI=1S/C18H24F3N5O2/c1-22-17(23-11-13-12-26(2)25-16(13)18(19,20)21)24-14-6-4-7-15(10-14)28-9-5-8-27-3/h4,6-7,10,12H,5,8-9,11H2,1-3H3,(H2,22,23,24). The highest BCUT2D eigenvalue weighted by atomic mass is 19.4. The minimum absolute atomic E-state index is 0.0353. The average Bonchev–Trinajstić information content (AvgIpc) is 3.04. The maximum atomic E-state index is 13.0. The fourth-order valence-electron chi connectivity index (χ4n) is 2.46. The Kier molecular flexibility index (Phi) is 7.68. The second-order valence-electron chi connectivity index (χ2n) is 5.95. The van der Waals surface area contributed by atoms with Crippen LogP contribution in [0.4, 0.5) is 18.9 Å². The third-order valence-electron chi connectivity index (χ3n) is 3.70. The maximum absolute atomic E-state index is 13.0. The molecule has 0 bridgehead atoms. The number of hydrogen-bond acceptors (Lipinski definition) is 4. The van der Waals surface area contributed by atoms with Crippen molar-refractivity contribution < 1.29 is 22.6 Å². The fourth-order valence-corrected chi connectivity index (χ4v) is 2.46. The van der Waals surface area contributed by atoms with E-state index in [4.69, 9.17) is 9.47 Å². The molecule has 0 saturated carbocycles. The van der Waals surface area contributed by atoms with Crippen LogP contribution >= 0.6 is 0 Å². The van der Waals surface area contributed by atoms with Gasteiger partial charge in [-0.3, -0.25) is 9.67 Å². The zero-order valence-electron chi connectivity index (χ0n) is 16.0. The van der Waals surface area contributed by atoms with Gasteiger partial charge in [-0.15, -0.1) is 0 Å². The van der Waals surface area contributed by atoms with Crippen LogP contribution in [0.2, 0.25) is 0 Å². The fraction of sp³-hybridized carbons (Fsp3) is 0.444. The van der Waals surface area contributed by atoms with E-state index in [1.807, 2.05) is 12.1 Å². The summed E-state index contributed by atoms with van der Waals surface area (Å²) >= 11 is 0. The van der Waals surface area contributed by atoms with Crippen molar-refractivity contribution in [1.82, 2.24) is 15.1 Å². The summed E-state index contributed by atoms with van der Waals surface area (Å²) in [6.07, 6.45) is -2.41. The lowest BCUT2D eigenvalue weighted by Crippen LogP contribution is -2.30. The van der Waals surface area contributed by atoms with E-state index in [1.54, 1.807) is 19.2 Å². The summed E-state index contributed by atoms with van der Waals surface area (Å²) in [5.74, 6) is 0.997. The number of anilines is 1. The van der Waals surface area contributed by atoms with Crippen molar-refractivity contribution in [3.63, 3.8) is 0 Å².